The third-order valence-corrected chi connectivity index (χ3v) is 4.30. The fourth-order valence-corrected chi connectivity index (χ4v) is 2.80. The Morgan fingerprint density at radius 3 is 2.86 bits per heavy atom. The molecule has 0 bridgehead atoms. The molecule has 1 saturated carbocycles. The first-order chi connectivity index (χ1) is 10.1. The summed E-state index contributed by atoms with van der Waals surface area (Å²) >= 11 is 0. The Hall–Kier alpha value is -1.89. The molecule has 0 radical (unpaired) electrons. The van der Waals surface area contributed by atoms with Gasteiger partial charge in [0, 0.05) is 13.6 Å². The number of nitrogens with zero attached hydrogens (tertiary/aromatic N) is 3. The highest BCUT2D eigenvalue weighted by Crippen LogP contribution is 2.32. The van der Waals surface area contributed by atoms with Crippen molar-refractivity contribution in [3.8, 4) is 0 Å². The van der Waals surface area contributed by atoms with Crippen molar-refractivity contribution in [2.24, 2.45) is 5.92 Å². The second-order valence-corrected chi connectivity index (χ2v) is 6.01. The molecular formula is C14H22N6O. The molecule has 0 unspecified atom stereocenters. The van der Waals surface area contributed by atoms with Crippen molar-refractivity contribution in [3.63, 3.8) is 0 Å². The Balaban J connectivity index is 1.77. The number of nitrogens with one attached hydrogen (secondary N) is 3. The lowest BCUT2D eigenvalue weighted by molar-refractivity contribution is 0.00497. The van der Waals surface area contributed by atoms with Crippen LogP contribution < -0.4 is 10.6 Å². The molecule has 7 nitrogen and oxygen atoms in total. The Labute approximate surface area is 123 Å². The van der Waals surface area contributed by atoms with Crippen LogP contribution in [-0.4, -0.2) is 44.2 Å². The van der Waals surface area contributed by atoms with Crippen LogP contribution >= 0.6 is 0 Å². The molecule has 7 heteroatoms. The Morgan fingerprint density at radius 1 is 1.38 bits per heavy atom. The molecule has 1 fully saturated rings. The molecule has 1 aliphatic rings. The standard InChI is InChI=1S/C14H22N6O/c1-9-3-5-14(21,6-4-9)7-16-11-10-12(18-8-17-10)20-13(15-2)19-11/h8-9,21H,3-7H2,1-2H3,(H3,15,16,17,18,19,20). The number of aliphatic hydroxyl groups is 1. The summed E-state index contributed by atoms with van der Waals surface area (Å²) in [6.45, 7) is 2.73. The van der Waals surface area contributed by atoms with Gasteiger partial charge in [0.2, 0.25) is 5.95 Å². The molecule has 0 spiro atoms. The van der Waals surface area contributed by atoms with Gasteiger partial charge in [0.15, 0.2) is 11.5 Å². The Morgan fingerprint density at radius 2 is 2.14 bits per heavy atom. The fourth-order valence-electron chi connectivity index (χ4n) is 2.80. The molecule has 2 heterocycles. The number of rotatable bonds is 4. The van der Waals surface area contributed by atoms with Crippen molar-refractivity contribution < 1.29 is 5.11 Å². The Kier molecular flexibility index (Phi) is 3.67. The van der Waals surface area contributed by atoms with Gasteiger partial charge in [0.25, 0.3) is 0 Å². The van der Waals surface area contributed by atoms with E-state index < -0.39 is 5.60 Å². The first-order valence-corrected chi connectivity index (χ1v) is 7.45. The average Bonchev–Trinajstić information content (AvgIpc) is 2.96. The van der Waals surface area contributed by atoms with Crippen LogP contribution in [0.5, 0.6) is 0 Å². The molecule has 0 aliphatic heterocycles. The summed E-state index contributed by atoms with van der Waals surface area (Å²) in [5, 5.41) is 16.8. The van der Waals surface area contributed by atoms with E-state index in [2.05, 4.69) is 37.5 Å². The second-order valence-electron chi connectivity index (χ2n) is 6.01. The van der Waals surface area contributed by atoms with Crippen molar-refractivity contribution in [1.82, 2.24) is 19.9 Å². The third-order valence-electron chi connectivity index (χ3n) is 4.30. The van der Waals surface area contributed by atoms with Crippen LogP contribution in [0, 0.1) is 5.92 Å². The number of imidazole rings is 1. The lowest BCUT2D eigenvalue weighted by atomic mass is 9.79. The lowest BCUT2D eigenvalue weighted by Gasteiger charge is -2.35. The summed E-state index contributed by atoms with van der Waals surface area (Å²) in [7, 11) is 1.77. The minimum absolute atomic E-state index is 0.494. The minimum Gasteiger partial charge on any atom is -0.388 e. The fraction of sp³-hybridized carbons (Fsp3) is 0.643. The molecule has 4 N–H and O–H groups in total. The van der Waals surface area contributed by atoms with Gasteiger partial charge in [0.05, 0.1) is 11.9 Å². The summed E-state index contributed by atoms with van der Waals surface area (Å²) in [5.74, 6) is 1.90. The van der Waals surface area contributed by atoms with Crippen molar-refractivity contribution in [2.45, 2.75) is 38.2 Å². The molecule has 0 atom stereocenters. The van der Waals surface area contributed by atoms with Crippen molar-refractivity contribution in [1.29, 1.82) is 0 Å². The molecule has 0 amide bonds. The van der Waals surface area contributed by atoms with Gasteiger partial charge in [-0.05, 0) is 31.6 Å². The van der Waals surface area contributed by atoms with E-state index >= 15 is 0 Å². The Bertz CT molecular complexity index is 617. The molecule has 2 aromatic heterocycles. The van der Waals surface area contributed by atoms with E-state index in [-0.39, 0.29) is 0 Å². The molecule has 0 saturated heterocycles. The normalized spacial score (nSPS) is 26.0. The SMILES string of the molecule is CNc1nc(NCC2(O)CCC(C)CC2)c2[nH]cnc2n1. The zero-order valence-corrected chi connectivity index (χ0v) is 12.5. The number of H-pyrrole nitrogens is 1. The van der Waals surface area contributed by atoms with E-state index in [1.54, 1.807) is 13.4 Å². The van der Waals surface area contributed by atoms with Crippen molar-refractivity contribution in [2.75, 3.05) is 24.2 Å². The molecular weight excluding hydrogens is 268 g/mol. The highest BCUT2D eigenvalue weighted by atomic mass is 16.3. The smallest absolute Gasteiger partial charge is 0.226 e. The van der Waals surface area contributed by atoms with Crippen LogP contribution in [0.25, 0.3) is 11.2 Å². The number of aromatic nitrogens is 4. The van der Waals surface area contributed by atoms with Gasteiger partial charge in [0.1, 0.15) is 5.52 Å². The monoisotopic (exact) mass is 290 g/mol. The molecule has 2 aromatic rings. The number of hydrogen-bond donors (Lipinski definition) is 4. The zero-order valence-electron chi connectivity index (χ0n) is 12.5. The van der Waals surface area contributed by atoms with Gasteiger partial charge in [-0.25, -0.2) is 4.98 Å². The maximum atomic E-state index is 10.7. The highest BCUT2D eigenvalue weighted by molar-refractivity contribution is 5.83. The van der Waals surface area contributed by atoms with E-state index in [0.29, 0.717) is 29.9 Å². The van der Waals surface area contributed by atoms with Gasteiger partial charge in [-0.3, -0.25) is 0 Å². The molecule has 0 aromatic carbocycles. The summed E-state index contributed by atoms with van der Waals surface area (Å²) in [6, 6.07) is 0. The first-order valence-electron chi connectivity index (χ1n) is 7.45. The molecule has 3 rings (SSSR count). The van der Waals surface area contributed by atoms with Gasteiger partial charge < -0.3 is 20.7 Å². The van der Waals surface area contributed by atoms with E-state index in [4.69, 9.17) is 0 Å². The molecule has 1 aliphatic carbocycles. The van der Waals surface area contributed by atoms with E-state index in [0.717, 1.165) is 31.2 Å². The van der Waals surface area contributed by atoms with Crippen LogP contribution in [0.2, 0.25) is 0 Å². The first kappa shape index (κ1) is 14.1. The van der Waals surface area contributed by atoms with Crippen LogP contribution in [0.1, 0.15) is 32.6 Å². The zero-order chi connectivity index (χ0) is 14.9. The van der Waals surface area contributed by atoms with E-state index in [1.165, 1.54) is 0 Å². The lowest BCUT2D eigenvalue weighted by Crippen LogP contribution is -2.40. The maximum Gasteiger partial charge on any atom is 0.226 e. The number of fused-ring (bicyclic) bond motifs is 1. The number of anilines is 2. The molecule has 21 heavy (non-hydrogen) atoms. The van der Waals surface area contributed by atoms with Crippen LogP contribution in [0.3, 0.4) is 0 Å². The number of aromatic amines is 1. The van der Waals surface area contributed by atoms with E-state index in [9.17, 15) is 5.11 Å². The third kappa shape index (κ3) is 2.92. The predicted octanol–water partition coefficient (Wildman–Crippen LogP) is 1.75. The highest BCUT2D eigenvalue weighted by Gasteiger charge is 2.31. The largest absolute Gasteiger partial charge is 0.388 e. The van der Waals surface area contributed by atoms with Gasteiger partial charge >= 0.3 is 0 Å². The van der Waals surface area contributed by atoms with Gasteiger partial charge in [-0.15, -0.1) is 0 Å². The average molecular weight is 290 g/mol. The topological polar surface area (TPSA) is 98.8 Å². The minimum atomic E-state index is -0.649. The summed E-state index contributed by atoms with van der Waals surface area (Å²) < 4.78 is 0. The van der Waals surface area contributed by atoms with E-state index in [1.807, 2.05) is 0 Å². The van der Waals surface area contributed by atoms with Crippen LogP contribution in [0.15, 0.2) is 6.33 Å². The quantitative estimate of drug-likeness (QED) is 0.684. The summed E-state index contributed by atoms with van der Waals surface area (Å²) in [5.41, 5.74) is 0.728. The maximum absolute atomic E-state index is 10.7. The van der Waals surface area contributed by atoms with Crippen molar-refractivity contribution in [3.05, 3.63) is 6.33 Å². The predicted molar refractivity (Wildman–Crippen MR) is 82.3 cm³/mol. The van der Waals surface area contributed by atoms with Gasteiger partial charge in [-0.1, -0.05) is 6.92 Å². The van der Waals surface area contributed by atoms with Gasteiger partial charge in [-0.2, -0.15) is 9.97 Å². The summed E-state index contributed by atoms with van der Waals surface area (Å²) in [6.07, 6.45) is 5.40. The second kappa shape index (κ2) is 5.48. The number of hydrogen-bond acceptors (Lipinski definition) is 6. The van der Waals surface area contributed by atoms with Crippen molar-refractivity contribution >= 4 is 22.9 Å². The van der Waals surface area contributed by atoms with Crippen LogP contribution in [0.4, 0.5) is 11.8 Å². The summed E-state index contributed by atoms with van der Waals surface area (Å²) in [4.78, 5) is 15.9. The molecule has 114 valence electrons. The van der Waals surface area contributed by atoms with Crippen LogP contribution in [-0.2, 0) is 0 Å².